The first-order valence-electron chi connectivity index (χ1n) is 11.7. The number of amides is 1. The number of likely N-dealkylation sites (N-methyl/N-ethyl adjacent to an activating group) is 1. The fourth-order valence-corrected chi connectivity index (χ4v) is 4.42. The van der Waals surface area contributed by atoms with E-state index in [0.717, 1.165) is 19.5 Å². The molecule has 33 heavy (non-hydrogen) atoms. The summed E-state index contributed by atoms with van der Waals surface area (Å²) in [6.45, 7) is 2.32. The van der Waals surface area contributed by atoms with Crippen LogP contribution < -0.4 is 5.32 Å². The molecule has 170 valence electrons. The summed E-state index contributed by atoms with van der Waals surface area (Å²) in [5, 5.41) is 4.34. The van der Waals surface area contributed by atoms with Crippen molar-refractivity contribution in [1.82, 2.24) is 14.8 Å². The Morgan fingerprint density at radius 1 is 0.879 bits per heavy atom. The Kier molecular flexibility index (Phi) is 7.59. The lowest BCUT2D eigenvalue weighted by Gasteiger charge is -2.18. The highest BCUT2D eigenvalue weighted by molar-refractivity contribution is 5.86. The zero-order valence-electron chi connectivity index (χ0n) is 19.6. The summed E-state index contributed by atoms with van der Waals surface area (Å²) >= 11 is 0. The van der Waals surface area contributed by atoms with Gasteiger partial charge in [-0.2, -0.15) is 0 Å². The van der Waals surface area contributed by atoms with Gasteiger partial charge in [0.2, 0.25) is 5.91 Å². The number of fused-ring (bicyclic) bond motifs is 1. The molecule has 0 saturated heterocycles. The average Bonchev–Trinajstić information content (AvgIpc) is 3.18. The first-order valence-corrected chi connectivity index (χ1v) is 11.7. The topological polar surface area (TPSA) is 37.3 Å². The van der Waals surface area contributed by atoms with Crippen LogP contribution in [0.5, 0.6) is 0 Å². The van der Waals surface area contributed by atoms with Crippen molar-refractivity contribution in [2.45, 2.75) is 25.3 Å². The molecule has 3 aromatic carbocycles. The SMILES string of the molecule is CN(C)CCNC(=O)CC(Cc1ccccc1)c1cn(Cc2ccccc2)c2ccccc12. The number of rotatable bonds is 10. The van der Waals surface area contributed by atoms with Crippen LogP contribution in [0.2, 0.25) is 0 Å². The molecule has 0 aliphatic carbocycles. The van der Waals surface area contributed by atoms with Gasteiger partial charge in [-0.15, -0.1) is 0 Å². The van der Waals surface area contributed by atoms with Crippen LogP contribution in [0, 0.1) is 0 Å². The van der Waals surface area contributed by atoms with Crippen molar-refractivity contribution < 1.29 is 4.79 Å². The standard InChI is InChI=1S/C29H33N3O/c1-31(2)18-17-30-29(33)20-25(19-23-11-5-3-6-12-23)27-22-32(21-24-13-7-4-8-14-24)28-16-10-9-15-26(27)28/h3-16,22,25H,17-21H2,1-2H3,(H,30,33). The van der Waals surface area contributed by atoms with Gasteiger partial charge in [0.05, 0.1) is 0 Å². The Labute approximate surface area is 196 Å². The number of carbonyl (C=O) groups is 1. The summed E-state index contributed by atoms with van der Waals surface area (Å²) in [5.41, 5.74) is 4.98. The monoisotopic (exact) mass is 439 g/mol. The minimum atomic E-state index is 0.105. The zero-order valence-corrected chi connectivity index (χ0v) is 19.6. The van der Waals surface area contributed by atoms with Crippen LogP contribution >= 0.6 is 0 Å². The minimum absolute atomic E-state index is 0.105. The van der Waals surface area contributed by atoms with Gasteiger partial charge >= 0.3 is 0 Å². The third-order valence-corrected chi connectivity index (χ3v) is 6.09. The molecule has 1 amide bonds. The fourth-order valence-electron chi connectivity index (χ4n) is 4.42. The Hall–Kier alpha value is -3.37. The summed E-state index contributed by atoms with van der Waals surface area (Å²) in [6.07, 6.45) is 3.57. The number of carbonyl (C=O) groups excluding carboxylic acids is 1. The van der Waals surface area contributed by atoms with Gasteiger partial charge in [0.1, 0.15) is 0 Å². The van der Waals surface area contributed by atoms with Crippen molar-refractivity contribution in [2.24, 2.45) is 0 Å². The number of aromatic nitrogens is 1. The van der Waals surface area contributed by atoms with Gasteiger partial charge in [0.15, 0.2) is 0 Å². The molecular formula is C29H33N3O. The summed E-state index contributed by atoms with van der Waals surface area (Å²) in [4.78, 5) is 15.0. The first-order chi connectivity index (χ1) is 16.1. The van der Waals surface area contributed by atoms with E-state index in [2.05, 4.69) is 93.8 Å². The molecule has 1 unspecified atom stereocenters. The second kappa shape index (κ2) is 11.0. The first kappa shape index (κ1) is 22.8. The molecule has 0 saturated carbocycles. The number of para-hydroxylation sites is 1. The van der Waals surface area contributed by atoms with E-state index in [1.807, 2.05) is 26.2 Å². The van der Waals surface area contributed by atoms with E-state index < -0.39 is 0 Å². The van der Waals surface area contributed by atoms with Crippen molar-refractivity contribution in [1.29, 1.82) is 0 Å². The molecule has 0 aliphatic rings. The molecule has 0 aliphatic heterocycles. The smallest absolute Gasteiger partial charge is 0.220 e. The van der Waals surface area contributed by atoms with Gasteiger partial charge in [0.25, 0.3) is 0 Å². The molecule has 4 heteroatoms. The van der Waals surface area contributed by atoms with Gasteiger partial charge in [-0.05, 0) is 49.2 Å². The Balaban J connectivity index is 1.65. The highest BCUT2D eigenvalue weighted by Gasteiger charge is 2.21. The molecule has 1 heterocycles. The van der Waals surface area contributed by atoms with Gasteiger partial charge in [0, 0.05) is 43.2 Å². The summed E-state index contributed by atoms with van der Waals surface area (Å²) < 4.78 is 2.32. The third-order valence-electron chi connectivity index (χ3n) is 6.09. The number of hydrogen-bond donors (Lipinski definition) is 1. The molecular weight excluding hydrogens is 406 g/mol. The van der Waals surface area contributed by atoms with E-state index in [4.69, 9.17) is 0 Å². The molecule has 1 aromatic heterocycles. The Morgan fingerprint density at radius 2 is 1.52 bits per heavy atom. The van der Waals surface area contributed by atoms with Crippen molar-refractivity contribution in [2.75, 3.05) is 27.2 Å². The van der Waals surface area contributed by atoms with Gasteiger partial charge in [-0.1, -0.05) is 78.9 Å². The fraction of sp³-hybridized carbons (Fsp3) is 0.276. The second-order valence-corrected chi connectivity index (χ2v) is 8.96. The number of hydrogen-bond acceptors (Lipinski definition) is 2. The van der Waals surface area contributed by atoms with Crippen LogP contribution in [0.25, 0.3) is 10.9 Å². The largest absolute Gasteiger partial charge is 0.355 e. The normalized spacial score (nSPS) is 12.2. The number of nitrogens with zero attached hydrogens (tertiary/aromatic N) is 2. The molecule has 4 nitrogen and oxygen atoms in total. The molecule has 1 N–H and O–H groups in total. The molecule has 0 bridgehead atoms. The van der Waals surface area contributed by atoms with Crippen molar-refractivity contribution in [3.63, 3.8) is 0 Å². The van der Waals surface area contributed by atoms with Crippen molar-refractivity contribution in [3.05, 3.63) is 108 Å². The highest BCUT2D eigenvalue weighted by atomic mass is 16.1. The van der Waals surface area contributed by atoms with Crippen LogP contribution in [-0.2, 0) is 17.8 Å². The van der Waals surface area contributed by atoms with E-state index in [0.29, 0.717) is 13.0 Å². The highest BCUT2D eigenvalue weighted by Crippen LogP contribution is 2.33. The Bertz CT molecular complexity index is 1170. The molecule has 4 rings (SSSR count). The van der Waals surface area contributed by atoms with Crippen molar-refractivity contribution >= 4 is 16.8 Å². The minimum Gasteiger partial charge on any atom is -0.355 e. The summed E-state index contributed by atoms with van der Waals surface area (Å²) in [5.74, 6) is 0.214. The van der Waals surface area contributed by atoms with Gasteiger partial charge < -0.3 is 14.8 Å². The van der Waals surface area contributed by atoms with Crippen molar-refractivity contribution in [3.8, 4) is 0 Å². The van der Waals surface area contributed by atoms with Gasteiger partial charge in [-0.25, -0.2) is 0 Å². The second-order valence-electron chi connectivity index (χ2n) is 8.96. The quantitative estimate of drug-likeness (QED) is 0.374. The summed E-state index contributed by atoms with van der Waals surface area (Å²) in [6, 6.07) is 29.6. The maximum absolute atomic E-state index is 12.9. The molecule has 4 aromatic rings. The lowest BCUT2D eigenvalue weighted by Crippen LogP contribution is -2.32. The van der Waals surface area contributed by atoms with Gasteiger partial charge in [-0.3, -0.25) is 4.79 Å². The van der Waals surface area contributed by atoms with E-state index in [-0.39, 0.29) is 11.8 Å². The lowest BCUT2D eigenvalue weighted by molar-refractivity contribution is -0.121. The van der Waals surface area contributed by atoms with E-state index in [9.17, 15) is 4.79 Å². The van der Waals surface area contributed by atoms with E-state index >= 15 is 0 Å². The zero-order chi connectivity index (χ0) is 23.0. The Morgan fingerprint density at radius 3 is 2.21 bits per heavy atom. The lowest BCUT2D eigenvalue weighted by atomic mass is 9.88. The predicted molar refractivity (Wildman–Crippen MR) is 137 cm³/mol. The van der Waals surface area contributed by atoms with Crippen LogP contribution in [0.3, 0.4) is 0 Å². The third kappa shape index (κ3) is 6.11. The maximum atomic E-state index is 12.9. The predicted octanol–water partition coefficient (Wildman–Crippen LogP) is 5.08. The van der Waals surface area contributed by atoms with Crippen LogP contribution in [0.4, 0.5) is 0 Å². The molecule has 0 radical (unpaired) electrons. The molecule has 1 atom stereocenters. The van der Waals surface area contributed by atoms with Crippen LogP contribution in [0.15, 0.2) is 91.1 Å². The number of nitrogens with one attached hydrogen (secondary N) is 1. The number of benzene rings is 3. The molecule has 0 fully saturated rings. The molecule has 0 spiro atoms. The van der Waals surface area contributed by atoms with Crippen LogP contribution in [0.1, 0.15) is 29.0 Å². The average molecular weight is 440 g/mol. The van der Waals surface area contributed by atoms with E-state index in [1.54, 1.807) is 0 Å². The van der Waals surface area contributed by atoms with Crippen LogP contribution in [-0.4, -0.2) is 42.6 Å². The summed E-state index contributed by atoms with van der Waals surface area (Å²) in [7, 11) is 4.04. The van der Waals surface area contributed by atoms with E-state index in [1.165, 1.54) is 27.6 Å². The maximum Gasteiger partial charge on any atom is 0.220 e.